The predicted octanol–water partition coefficient (Wildman–Crippen LogP) is 10.2. The highest BCUT2D eigenvalue weighted by atomic mass is 16.6. The molecule has 0 heterocycles. The summed E-state index contributed by atoms with van der Waals surface area (Å²) in [6.45, 7) is 12.9. The normalized spacial score (nSPS) is 14.5. The van der Waals surface area contributed by atoms with E-state index in [1.54, 1.807) is 13.0 Å². The van der Waals surface area contributed by atoms with E-state index < -0.39 is 73.9 Å². The van der Waals surface area contributed by atoms with E-state index in [0.717, 1.165) is 59.9 Å². The van der Waals surface area contributed by atoms with Crippen LogP contribution < -0.4 is 4.74 Å². The van der Waals surface area contributed by atoms with Crippen LogP contribution in [0.25, 0.3) is 22.3 Å². The third-order valence-electron chi connectivity index (χ3n) is 12.3. The summed E-state index contributed by atoms with van der Waals surface area (Å²) in [5.74, 6) is -2.99. The molecule has 0 aliphatic heterocycles. The monoisotopic (exact) mass is 938 g/mol. The third-order valence-corrected chi connectivity index (χ3v) is 12.3. The van der Waals surface area contributed by atoms with E-state index in [1.807, 2.05) is 12.1 Å². The Morgan fingerprint density at radius 2 is 1.16 bits per heavy atom. The summed E-state index contributed by atoms with van der Waals surface area (Å²) in [6.07, 6.45) is 10.6. The standard InChI is InChI=1S/C55H70O13/c1-9-11-12-14-39-16-18-41(19-17-39)42-20-22-43(23-21-42)44-24-26-47(40(10-2)29-44)45-25-27-48(46(30-45)15-13-28-64-53(60)37(3)4)65-33-55(36-68-54(61)38(5)6,34-66-51(58)31-49(56)62-7)35-67-52(59)32-50(57)63-8/h20-27,29-30,39,41H,3,5,9-19,28,31-36H2,1-2,4,6-8H3. The summed E-state index contributed by atoms with van der Waals surface area (Å²) in [4.78, 5) is 74.2. The molecule has 13 nitrogen and oxygen atoms in total. The first kappa shape index (κ1) is 54.4. The molecule has 0 N–H and O–H groups in total. The van der Waals surface area contributed by atoms with Crippen LogP contribution in [0.5, 0.6) is 5.75 Å². The lowest BCUT2D eigenvalue weighted by Gasteiger charge is -2.32. The topological polar surface area (TPSA) is 167 Å². The molecule has 0 unspecified atom stereocenters. The molecule has 0 aromatic heterocycles. The molecule has 0 bridgehead atoms. The van der Waals surface area contributed by atoms with Crippen molar-refractivity contribution in [2.45, 2.75) is 117 Å². The van der Waals surface area contributed by atoms with Crippen molar-refractivity contribution in [2.75, 3.05) is 47.3 Å². The Bertz CT molecular complexity index is 2180. The summed E-state index contributed by atoms with van der Waals surface area (Å²) < 4.78 is 37.6. The van der Waals surface area contributed by atoms with Crippen LogP contribution in [0.15, 0.2) is 85.0 Å². The Morgan fingerprint density at radius 1 is 0.603 bits per heavy atom. The second-order valence-electron chi connectivity index (χ2n) is 17.9. The maximum Gasteiger partial charge on any atom is 0.333 e. The van der Waals surface area contributed by atoms with Crippen LogP contribution in [0.2, 0.25) is 0 Å². The van der Waals surface area contributed by atoms with Gasteiger partial charge in [-0.05, 0) is 122 Å². The van der Waals surface area contributed by atoms with Gasteiger partial charge < -0.3 is 33.2 Å². The Balaban J connectivity index is 1.65. The molecule has 368 valence electrons. The molecule has 1 aliphatic carbocycles. The quantitative estimate of drug-likeness (QED) is 0.0233. The molecular formula is C55H70O13. The zero-order valence-electron chi connectivity index (χ0n) is 40.9. The van der Waals surface area contributed by atoms with Crippen molar-refractivity contribution in [3.8, 4) is 28.0 Å². The number of ether oxygens (including phenoxy) is 7. The summed E-state index contributed by atoms with van der Waals surface area (Å²) in [7, 11) is 2.24. The molecular weight excluding hydrogens is 869 g/mol. The number of esters is 6. The van der Waals surface area contributed by atoms with Crippen molar-refractivity contribution in [3.05, 3.63) is 102 Å². The van der Waals surface area contributed by atoms with Crippen LogP contribution in [0.3, 0.4) is 0 Å². The Labute approximate surface area is 401 Å². The van der Waals surface area contributed by atoms with Gasteiger partial charge in [-0.1, -0.05) is 101 Å². The second kappa shape index (κ2) is 27.5. The van der Waals surface area contributed by atoms with Crippen molar-refractivity contribution in [3.63, 3.8) is 0 Å². The minimum atomic E-state index is -1.56. The number of carbonyl (C=O) groups is 6. The van der Waals surface area contributed by atoms with Gasteiger partial charge in [0.2, 0.25) is 0 Å². The van der Waals surface area contributed by atoms with E-state index in [0.29, 0.717) is 24.5 Å². The highest BCUT2D eigenvalue weighted by Crippen LogP contribution is 2.39. The Morgan fingerprint density at radius 3 is 1.74 bits per heavy atom. The summed E-state index contributed by atoms with van der Waals surface area (Å²) in [6, 6.07) is 21.3. The fraction of sp³-hybridized carbons (Fsp3) is 0.491. The average Bonchev–Trinajstić information content (AvgIpc) is 3.34. The summed E-state index contributed by atoms with van der Waals surface area (Å²) >= 11 is 0. The van der Waals surface area contributed by atoms with E-state index in [4.69, 9.17) is 23.7 Å². The molecule has 1 fully saturated rings. The number of hydrogen-bond donors (Lipinski definition) is 0. The fourth-order valence-corrected chi connectivity index (χ4v) is 8.17. The largest absolute Gasteiger partial charge is 0.492 e. The Kier molecular flexibility index (Phi) is 22.0. The first-order chi connectivity index (χ1) is 32.6. The zero-order chi connectivity index (χ0) is 49.6. The predicted molar refractivity (Wildman–Crippen MR) is 259 cm³/mol. The molecule has 1 aliphatic rings. The van der Waals surface area contributed by atoms with Gasteiger partial charge in [-0.2, -0.15) is 0 Å². The van der Waals surface area contributed by atoms with Crippen LogP contribution in [0.4, 0.5) is 0 Å². The highest BCUT2D eigenvalue weighted by Gasteiger charge is 2.38. The number of carbonyl (C=O) groups excluding carboxylic acids is 6. The van der Waals surface area contributed by atoms with Crippen molar-refractivity contribution >= 4 is 35.8 Å². The lowest BCUT2D eigenvalue weighted by atomic mass is 9.77. The third kappa shape index (κ3) is 17.1. The average molecular weight is 939 g/mol. The minimum absolute atomic E-state index is 0.0773. The second-order valence-corrected chi connectivity index (χ2v) is 17.9. The molecule has 0 amide bonds. The van der Waals surface area contributed by atoms with Gasteiger partial charge >= 0.3 is 35.8 Å². The van der Waals surface area contributed by atoms with Crippen LogP contribution in [-0.4, -0.2) is 83.1 Å². The fourth-order valence-electron chi connectivity index (χ4n) is 8.17. The molecule has 3 aromatic carbocycles. The van der Waals surface area contributed by atoms with Crippen LogP contribution >= 0.6 is 0 Å². The van der Waals surface area contributed by atoms with Crippen LogP contribution in [0, 0.1) is 11.3 Å². The van der Waals surface area contributed by atoms with Crippen molar-refractivity contribution in [1.82, 2.24) is 0 Å². The maximum absolute atomic E-state index is 12.7. The molecule has 0 atom stereocenters. The van der Waals surface area contributed by atoms with Gasteiger partial charge in [-0.15, -0.1) is 0 Å². The minimum Gasteiger partial charge on any atom is -0.492 e. The van der Waals surface area contributed by atoms with Crippen molar-refractivity contribution < 1.29 is 61.9 Å². The van der Waals surface area contributed by atoms with Crippen LogP contribution in [-0.2, 0) is 70.0 Å². The smallest absolute Gasteiger partial charge is 0.333 e. The lowest BCUT2D eigenvalue weighted by molar-refractivity contribution is -0.165. The summed E-state index contributed by atoms with van der Waals surface area (Å²) in [5, 5.41) is 0. The van der Waals surface area contributed by atoms with E-state index in [9.17, 15) is 28.8 Å². The number of methoxy groups -OCH3 is 2. The molecule has 4 rings (SSSR count). The van der Waals surface area contributed by atoms with Gasteiger partial charge in [-0.3, -0.25) is 19.2 Å². The molecule has 13 heteroatoms. The van der Waals surface area contributed by atoms with E-state index in [1.165, 1.54) is 63.9 Å². The van der Waals surface area contributed by atoms with Crippen LogP contribution in [0.1, 0.15) is 121 Å². The zero-order valence-corrected chi connectivity index (χ0v) is 40.9. The highest BCUT2D eigenvalue weighted by molar-refractivity contribution is 5.92. The number of unbranched alkanes of at least 4 members (excludes halogenated alkanes) is 2. The number of benzene rings is 3. The summed E-state index contributed by atoms with van der Waals surface area (Å²) in [5.41, 5.74) is 6.32. The SMILES string of the molecule is C=C(C)C(=O)OCCCc1cc(-c2ccc(-c3ccc(C4CCC(CCCCC)CC4)cc3)cc2CC)ccc1OCC(COC(=O)CC(=O)OC)(COC(=O)CC(=O)OC)COC(=O)C(=C)C. The van der Waals surface area contributed by atoms with E-state index in [-0.39, 0.29) is 24.4 Å². The van der Waals surface area contributed by atoms with Gasteiger partial charge in [0.1, 0.15) is 50.4 Å². The first-order valence-corrected chi connectivity index (χ1v) is 23.7. The van der Waals surface area contributed by atoms with Gasteiger partial charge in [0, 0.05) is 11.1 Å². The Hall–Kier alpha value is -6.24. The van der Waals surface area contributed by atoms with Gasteiger partial charge in [0.15, 0.2) is 0 Å². The van der Waals surface area contributed by atoms with Gasteiger partial charge in [0.25, 0.3) is 0 Å². The number of aryl methyl sites for hydroxylation is 2. The molecule has 0 saturated heterocycles. The van der Waals surface area contributed by atoms with E-state index >= 15 is 0 Å². The molecule has 1 saturated carbocycles. The molecule has 68 heavy (non-hydrogen) atoms. The number of hydrogen-bond acceptors (Lipinski definition) is 13. The lowest BCUT2D eigenvalue weighted by Crippen LogP contribution is -2.44. The van der Waals surface area contributed by atoms with Crippen molar-refractivity contribution in [2.24, 2.45) is 11.3 Å². The molecule has 3 aromatic rings. The van der Waals surface area contributed by atoms with E-state index in [2.05, 4.69) is 78.9 Å². The maximum atomic E-state index is 12.7. The number of rotatable bonds is 27. The first-order valence-electron chi connectivity index (χ1n) is 23.7. The molecule has 0 spiro atoms. The molecule has 0 radical (unpaired) electrons. The van der Waals surface area contributed by atoms with Crippen molar-refractivity contribution in [1.29, 1.82) is 0 Å². The van der Waals surface area contributed by atoms with Gasteiger partial charge in [0.05, 0.1) is 20.8 Å². The van der Waals surface area contributed by atoms with Gasteiger partial charge in [-0.25, -0.2) is 9.59 Å².